The minimum Gasteiger partial charge on any atom is -0.512 e. The minimum atomic E-state index is -1.71. The van der Waals surface area contributed by atoms with Crippen LogP contribution in [0, 0.1) is 17.9 Å². The summed E-state index contributed by atoms with van der Waals surface area (Å²) in [6.07, 6.45) is 7.02. The van der Waals surface area contributed by atoms with E-state index >= 15 is 0 Å². The normalized spacial score (nSPS) is 14.1. The maximum Gasteiger partial charge on any atom is 0.162 e. The van der Waals surface area contributed by atoms with Gasteiger partial charge in [-0.1, -0.05) is 146 Å². The second-order valence-electron chi connectivity index (χ2n) is 17.6. The second kappa shape index (κ2) is 15.6. The van der Waals surface area contributed by atoms with Gasteiger partial charge in [0.2, 0.25) is 0 Å². The van der Waals surface area contributed by atoms with Crippen LogP contribution in [0.5, 0.6) is 0 Å². The molecule has 4 aromatic carbocycles. The molecule has 1 aliphatic carbocycles. The fourth-order valence-corrected chi connectivity index (χ4v) is 11.2. The molecule has 0 saturated carbocycles. The molecule has 2 aromatic heterocycles. The second-order valence-corrected chi connectivity index (χ2v) is 27.7. The molecule has 7 heteroatoms. The van der Waals surface area contributed by atoms with Gasteiger partial charge < -0.3 is 14.5 Å². The summed E-state index contributed by atoms with van der Waals surface area (Å²) in [4.78, 5) is 17.0. The van der Waals surface area contributed by atoms with Gasteiger partial charge >= 0.3 is 0 Å². The van der Waals surface area contributed by atoms with E-state index in [1.54, 1.807) is 0 Å². The number of nitrogens with zero attached hydrogens (tertiary/aromatic N) is 1. The van der Waals surface area contributed by atoms with E-state index in [1.165, 1.54) is 59.9 Å². The first-order chi connectivity index (χ1) is 25.0. The van der Waals surface area contributed by atoms with Crippen LogP contribution in [0.1, 0.15) is 78.4 Å². The molecule has 0 amide bonds. The smallest absolute Gasteiger partial charge is 0.162 e. The zero-order chi connectivity index (χ0) is 38.6. The third-order valence-electron chi connectivity index (χ3n) is 11.7. The Morgan fingerprint density at radius 3 is 2.02 bits per heavy atom. The Labute approximate surface area is 338 Å². The van der Waals surface area contributed by atoms with Crippen molar-refractivity contribution in [3.63, 3.8) is 0 Å². The van der Waals surface area contributed by atoms with Gasteiger partial charge in [0, 0.05) is 55.0 Å². The molecule has 287 valence electrons. The molecule has 0 spiro atoms. The van der Waals surface area contributed by atoms with Gasteiger partial charge in [-0.25, -0.2) is 0 Å². The van der Waals surface area contributed by atoms with Crippen molar-refractivity contribution < 1.29 is 34.4 Å². The van der Waals surface area contributed by atoms with Gasteiger partial charge in [0.25, 0.3) is 0 Å². The van der Waals surface area contributed by atoms with Gasteiger partial charge in [-0.05, 0) is 58.1 Å². The zero-order valence-corrected chi connectivity index (χ0v) is 38.8. The van der Waals surface area contributed by atoms with E-state index in [0.29, 0.717) is 0 Å². The zero-order valence-electron chi connectivity index (χ0n) is 34.4. The number of hydrogen-bond donors (Lipinski definition) is 1. The van der Waals surface area contributed by atoms with E-state index in [4.69, 9.17) is 9.40 Å². The summed E-state index contributed by atoms with van der Waals surface area (Å²) < 4.78 is 6.99. The van der Waals surface area contributed by atoms with Crippen LogP contribution < -0.4 is 10.4 Å². The molecule has 7 rings (SSSR count). The van der Waals surface area contributed by atoms with Crippen LogP contribution in [0.2, 0.25) is 39.3 Å². The summed E-state index contributed by atoms with van der Waals surface area (Å²) in [5.41, 5.74) is 6.64. The van der Waals surface area contributed by atoms with Gasteiger partial charge in [0.1, 0.15) is 11.2 Å². The summed E-state index contributed by atoms with van der Waals surface area (Å²) in [5, 5.41) is 20.0. The van der Waals surface area contributed by atoms with Crippen molar-refractivity contribution in [2.45, 2.75) is 112 Å². The predicted octanol–water partition coefficient (Wildman–Crippen LogP) is 12.4. The fraction of sp³-hybridized carbons (Fsp3) is 0.404. The predicted molar refractivity (Wildman–Crippen MR) is 233 cm³/mol. The quantitative estimate of drug-likeness (QED) is 0.0516. The summed E-state index contributed by atoms with van der Waals surface area (Å²) in [6.45, 7) is 27.2. The number of aliphatic hydroxyl groups excluding tert-OH is 1. The molecule has 1 aliphatic rings. The van der Waals surface area contributed by atoms with E-state index in [0.717, 1.165) is 48.1 Å². The summed E-state index contributed by atoms with van der Waals surface area (Å²) in [6, 6.07) is 24.0. The number of aliphatic hydroxyl groups is 1. The summed E-state index contributed by atoms with van der Waals surface area (Å²) in [5.74, 6) is 0.547. The SMILES string of the molecule is CC1(C)c2c([c-]cc3c2ccc2ccccc23)-c2ncc([Si](C)(C)C)c3oc4c([Si](C)(C)C)ccc1c4c23.CCC(CC)C(=O)/C=C(\O)C(CC)CC.[Ir]. The van der Waals surface area contributed by atoms with E-state index in [1.807, 2.05) is 27.7 Å². The molecule has 54 heavy (non-hydrogen) atoms. The fourth-order valence-electron chi connectivity index (χ4n) is 8.48. The average molecular weight is 933 g/mol. The Bertz CT molecular complexity index is 2390. The molecule has 0 fully saturated rings. The monoisotopic (exact) mass is 933 g/mol. The molecule has 1 radical (unpaired) electrons. The number of carbonyl (C=O) groups is 1. The minimum absolute atomic E-state index is 0. The Balaban J connectivity index is 0.000000301. The van der Waals surface area contributed by atoms with Gasteiger partial charge in [-0.15, -0.1) is 23.3 Å². The number of hydrogen-bond acceptors (Lipinski definition) is 4. The van der Waals surface area contributed by atoms with Crippen molar-refractivity contribution in [2.24, 2.45) is 11.8 Å². The number of aromatic nitrogens is 1. The van der Waals surface area contributed by atoms with E-state index in [2.05, 4.69) is 120 Å². The molecule has 0 bridgehead atoms. The Kier molecular flexibility index (Phi) is 12.1. The van der Waals surface area contributed by atoms with Crippen molar-refractivity contribution in [3.05, 3.63) is 89.8 Å². The van der Waals surface area contributed by atoms with Crippen LogP contribution in [0.25, 0.3) is 54.7 Å². The molecule has 1 N–H and O–H groups in total. The first kappa shape index (κ1) is 41.8. The van der Waals surface area contributed by atoms with Crippen molar-refractivity contribution in [2.75, 3.05) is 0 Å². The topological polar surface area (TPSA) is 63.3 Å². The first-order valence-electron chi connectivity index (χ1n) is 19.7. The molecule has 0 aliphatic heterocycles. The Hall–Kier alpha value is -3.36. The van der Waals surface area contributed by atoms with Crippen LogP contribution in [-0.2, 0) is 30.3 Å². The average Bonchev–Trinajstić information content (AvgIpc) is 3.47. The standard InChI is InChI=1S/C34H34NOSi2.C13H24O2.Ir/c1-34(2)25-17-18-26(37(3,4)5)32-28(25)29-31(35-19-27(33(29)36-32)38(6,7)8)24-16-15-22-21-12-10-9-11-20(21)13-14-23(22)30(24)34;1-5-10(6-2)12(14)9-13(15)11(7-3)8-4;/h9-15,17-19H,1-8H3;9-11,14H,5-8H2,1-4H3;/q-1;;/b;12-9-;. The molecule has 0 unspecified atom stereocenters. The number of fused-ring (bicyclic) bond motifs is 6. The van der Waals surface area contributed by atoms with Crippen LogP contribution in [0.4, 0.5) is 0 Å². The molecule has 2 heterocycles. The number of furan rings is 1. The summed E-state index contributed by atoms with van der Waals surface area (Å²) in [7, 11) is -3.38. The van der Waals surface area contributed by atoms with Crippen molar-refractivity contribution in [1.82, 2.24) is 4.98 Å². The third-order valence-corrected chi connectivity index (χ3v) is 15.7. The van der Waals surface area contributed by atoms with Gasteiger partial charge in [0.05, 0.1) is 21.9 Å². The Morgan fingerprint density at radius 1 is 0.796 bits per heavy atom. The van der Waals surface area contributed by atoms with Gasteiger partial charge in [0.15, 0.2) is 5.78 Å². The van der Waals surface area contributed by atoms with Crippen molar-refractivity contribution >= 4 is 75.8 Å². The molecular weight excluding hydrogens is 875 g/mol. The third kappa shape index (κ3) is 7.22. The first-order valence-corrected chi connectivity index (χ1v) is 26.7. The maximum atomic E-state index is 11.7. The van der Waals surface area contributed by atoms with Gasteiger partial charge in [-0.3, -0.25) is 4.79 Å². The van der Waals surface area contributed by atoms with E-state index in [9.17, 15) is 9.90 Å². The molecular formula is C47H58IrNO3Si2-. The number of ketones is 1. The molecule has 4 nitrogen and oxygen atoms in total. The number of allylic oxidation sites excluding steroid dienone is 2. The van der Waals surface area contributed by atoms with E-state index in [-0.39, 0.29) is 48.9 Å². The number of carbonyl (C=O) groups excluding carboxylic acids is 1. The maximum absolute atomic E-state index is 11.7. The molecule has 0 atom stereocenters. The largest absolute Gasteiger partial charge is 0.512 e. The summed E-state index contributed by atoms with van der Waals surface area (Å²) >= 11 is 0. The molecule has 0 saturated heterocycles. The van der Waals surface area contributed by atoms with Crippen LogP contribution in [0.3, 0.4) is 0 Å². The van der Waals surface area contributed by atoms with Crippen molar-refractivity contribution in [1.29, 1.82) is 0 Å². The number of pyridine rings is 1. The van der Waals surface area contributed by atoms with Gasteiger partial charge in [-0.2, -0.15) is 0 Å². The molecule has 6 aromatic rings. The Morgan fingerprint density at radius 2 is 1.41 bits per heavy atom. The van der Waals surface area contributed by atoms with Crippen molar-refractivity contribution in [3.8, 4) is 11.3 Å². The number of benzene rings is 4. The van der Waals surface area contributed by atoms with Crippen LogP contribution >= 0.6 is 0 Å². The number of rotatable bonds is 9. The van der Waals surface area contributed by atoms with Crippen LogP contribution in [-0.4, -0.2) is 32.0 Å². The van der Waals surface area contributed by atoms with Crippen LogP contribution in [0.15, 0.2) is 77.0 Å². The van der Waals surface area contributed by atoms with E-state index < -0.39 is 16.1 Å².